The lowest BCUT2D eigenvalue weighted by Gasteiger charge is -2.44. The van der Waals surface area contributed by atoms with Crippen molar-refractivity contribution >= 4 is 49.1 Å². The van der Waals surface area contributed by atoms with E-state index >= 15 is 0 Å². The Morgan fingerprint density at radius 3 is 1.98 bits per heavy atom. The van der Waals surface area contributed by atoms with E-state index in [0.29, 0.717) is 62.0 Å². The van der Waals surface area contributed by atoms with Crippen LogP contribution in [0.4, 0.5) is 18.9 Å². The van der Waals surface area contributed by atoms with Crippen molar-refractivity contribution in [3.63, 3.8) is 0 Å². The van der Waals surface area contributed by atoms with Gasteiger partial charge in [-0.25, -0.2) is 0 Å². The largest absolute Gasteiger partial charge is 0.449 e. The number of carbonyl (C=O) groups is 2. The minimum absolute atomic E-state index is 0.0573. The summed E-state index contributed by atoms with van der Waals surface area (Å²) in [6, 6.07) is 5.34. The average Bonchev–Trinajstić information content (AvgIpc) is 2.82. The van der Waals surface area contributed by atoms with Gasteiger partial charge in [-0.15, -0.1) is 0 Å². The van der Waals surface area contributed by atoms with Crippen LogP contribution in [0.5, 0.6) is 11.5 Å². The van der Waals surface area contributed by atoms with Crippen molar-refractivity contribution in [3.8, 4) is 11.5 Å². The van der Waals surface area contributed by atoms with Crippen LogP contribution >= 0.6 is 31.9 Å². The number of hydrogen-bond donors (Lipinski definition) is 1. The van der Waals surface area contributed by atoms with Crippen molar-refractivity contribution in [1.29, 1.82) is 0 Å². The number of nitrogens with one attached hydrogen (secondary N) is 1. The number of ether oxygens (including phenoxy) is 1. The highest BCUT2D eigenvalue weighted by molar-refractivity contribution is 9.11. The van der Waals surface area contributed by atoms with Crippen LogP contribution in [0.3, 0.4) is 0 Å². The Bertz CT molecular complexity index is 1570. The van der Waals surface area contributed by atoms with Crippen molar-refractivity contribution in [3.05, 3.63) is 83.1 Å². The number of nitrogens with zero attached hydrogens (tertiary/aromatic N) is 1. The molecule has 222 valence electrons. The van der Waals surface area contributed by atoms with Gasteiger partial charge in [0, 0.05) is 57.4 Å². The standard InChI is InChI=1S/C30H27Br2F3N2O5/c1-28(2)10-18-25(21(38)12-28)24(26-19(36-18)11-29(3,4)13-22(26)39)16-8-15(31)9-17(32)27(16)42-23-6-5-14(30(33,34)35)7-20(23)37(40)41/h5-9,24,36H,10-13H2,1-4H3. The number of Topliss-reactive ketones (excluding diaryl/α,β-unsaturated/α-hetero) is 2. The number of halogens is 5. The van der Waals surface area contributed by atoms with E-state index in [1.54, 1.807) is 12.1 Å². The molecule has 0 saturated heterocycles. The predicted molar refractivity (Wildman–Crippen MR) is 156 cm³/mol. The maximum Gasteiger partial charge on any atom is 0.416 e. The molecular weight excluding hydrogens is 685 g/mol. The maximum atomic E-state index is 13.8. The normalized spacial score (nSPS) is 20.2. The lowest BCUT2D eigenvalue weighted by molar-refractivity contribution is -0.385. The monoisotopic (exact) mass is 710 g/mol. The number of nitro benzene ring substituents is 1. The Kier molecular flexibility index (Phi) is 7.49. The summed E-state index contributed by atoms with van der Waals surface area (Å²) >= 11 is 6.92. The predicted octanol–water partition coefficient (Wildman–Crippen LogP) is 8.90. The molecule has 2 aromatic rings. The zero-order chi connectivity index (χ0) is 30.9. The molecule has 0 radical (unpaired) electrons. The third kappa shape index (κ3) is 5.67. The number of allylic oxidation sites excluding steroid dienone is 4. The van der Waals surface area contributed by atoms with E-state index in [-0.39, 0.29) is 41.0 Å². The lowest BCUT2D eigenvalue weighted by atomic mass is 9.64. The number of dihydropyridines is 1. The first kappa shape index (κ1) is 30.5. The number of ketones is 2. The van der Waals surface area contributed by atoms with Gasteiger partial charge in [0.25, 0.3) is 0 Å². The highest BCUT2D eigenvalue weighted by atomic mass is 79.9. The molecule has 1 heterocycles. The van der Waals surface area contributed by atoms with Gasteiger partial charge in [-0.05, 0) is 63.9 Å². The van der Waals surface area contributed by atoms with Crippen LogP contribution in [0.2, 0.25) is 0 Å². The average molecular weight is 712 g/mol. The van der Waals surface area contributed by atoms with E-state index in [0.717, 1.165) is 6.07 Å². The van der Waals surface area contributed by atoms with E-state index in [9.17, 15) is 32.9 Å². The summed E-state index contributed by atoms with van der Waals surface area (Å²) in [7, 11) is 0. The molecule has 5 rings (SSSR count). The SMILES string of the molecule is CC1(C)CC(=O)C2=C(C1)NC1=C(C(=O)CC(C)(C)C1)C2c1cc(Br)cc(Br)c1Oc1ccc(C(F)(F)F)cc1[N+](=O)[O-]. The highest BCUT2D eigenvalue weighted by Gasteiger charge is 2.47. The van der Waals surface area contributed by atoms with Crippen LogP contribution in [-0.2, 0) is 15.8 Å². The van der Waals surface area contributed by atoms with Crippen molar-refractivity contribution in [2.24, 2.45) is 10.8 Å². The van der Waals surface area contributed by atoms with E-state index in [2.05, 4.69) is 37.2 Å². The number of benzene rings is 2. The maximum absolute atomic E-state index is 13.8. The molecule has 0 unspecified atom stereocenters. The van der Waals surface area contributed by atoms with Gasteiger partial charge >= 0.3 is 11.9 Å². The minimum Gasteiger partial charge on any atom is -0.449 e. The van der Waals surface area contributed by atoms with Gasteiger partial charge in [0.1, 0.15) is 5.75 Å². The molecule has 2 aromatic carbocycles. The Hall–Kier alpha value is -2.99. The molecule has 0 fully saturated rings. The number of alkyl halides is 3. The van der Waals surface area contributed by atoms with Crippen molar-refractivity contribution < 1.29 is 32.4 Å². The third-order valence-corrected chi connectivity index (χ3v) is 8.81. The summed E-state index contributed by atoms with van der Waals surface area (Å²) in [6.45, 7) is 8.00. The van der Waals surface area contributed by atoms with Crippen LogP contribution in [-0.4, -0.2) is 16.5 Å². The fourth-order valence-corrected chi connectivity index (χ4v) is 7.47. The second-order valence-electron chi connectivity index (χ2n) is 12.6. The summed E-state index contributed by atoms with van der Waals surface area (Å²) in [4.78, 5) is 38.4. The zero-order valence-electron chi connectivity index (χ0n) is 23.2. The molecule has 2 aliphatic carbocycles. The van der Waals surface area contributed by atoms with Gasteiger partial charge in [-0.2, -0.15) is 13.2 Å². The Morgan fingerprint density at radius 2 is 1.48 bits per heavy atom. The van der Waals surface area contributed by atoms with Crippen LogP contribution in [0.1, 0.15) is 70.4 Å². The first-order valence-electron chi connectivity index (χ1n) is 13.2. The Balaban J connectivity index is 1.74. The van der Waals surface area contributed by atoms with E-state index < -0.39 is 34.0 Å². The number of hydrogen-bond acceptors (Lipinski definition) is 6. The van der Waals surface area contributed by atoms with Crippen LogP contribution in [0.25, 0.3) is 0 Å². The number of rotatable bonds is 4. The molecule has 12 heteroatoms. The number of nitro groups is 1. The fraction of sp³-hybridized carbons (Fsp3) is 0.400. The topological polar surface area (TPSA) is 98.5 Å². The van der Waals surface area contributed by atoms with E-state index in [4.69, 9.17) is 4.74 Å². The van der Waals surface area contributed by atoms with Crippen molar-refractivity contribution in [1.82, 2.24) is 5.32 Å². The second kappa shape index (κ2) is 10.3. The summed E-state index contributed by atoms with van der Waals surface area (Å²) < 4.78 is 47.0. The van der Waals surface area contributed by atoms with Gasteiger partial charge in [-0.3, -0.25) is 19.7 Å². The van der Waals surface area contributed by atoms with Gasteiger partial charge in [0.15, 0.2) is 11.6 Å². The Morgan fingerprint density at radius 1 is 0.929 bits per heavy atom. The highest BCUT2D eigenvalue weighted by Crippen LogP contribution is 2.54. The molecule has 0 aromatic heterocycles. The summed E-state index contributed by atoms with van der Waals surface area (Å²) in [6.07, 6.45) is -3.17. The molecule has 3 aliphatic rings. The van der Waals surface area contributed by atoms with Gasteiger partial charge in [0.2, 0.25) is 5.75 Å². The van der Waals surface area contributed by atoms with Gasteiger partial charge in [0.05, 0.1) is 15.0 Å². The Labute approximate surface area is 257 Å². The third-order valence-electron chi connectivity index (χ3n) is 7.76. The molecule has 1 N–H and O–H groups in total. The van der Waals surface area contributed by atoms with Gasteiger partial charge < -0.3 is 10.1 Å². The van der Waals surface area contributed by atoms with Crippen molar-refractivity contribution in [2.75, 3.05) is 0 Å². The molecule has 0 bridgehead atoms. The van der Waals surface area contributed by atoms with Crippen LogP contribution in [0.15, 0.2) is 61.8 Å². The number of carbonyl (C=O) groups excluding carboxylic acids is 2. The zero-order valence-corrected chi connectivity index (χ0v) is 26.3. The summed E-state index contributed by atoms with van der Waals surface area (Å²) in [5, 5.41) is 15.3. The summed E-state index contributed by atoms with van der Waals surface area (Å²) in [5.41, 5.74) is -0.0349. The first-order valence-corrected chi connectivity index (χ1v) is 14.8. The van der Waals surface area contributed by atoms with Crippen LogP contribution < -0.4 is 10.1 Å². The quantitative estimate of drug-likeness (QED) is 0.251. The fourth-order valence-electron chi connectivity index (χ4n) is 6.13. The first-order chi connectivity index (χ1) is 19.4. The summed E-state index contributed by atoms with van der Waals surface area (Å²) in [5.74, 6) is -1.47. The van der Waals surface area contributed by atoms with Crippen molar-refractivity contribution in [2.45, 2.75) is 65.5 Å². The van der Waals surface area contributed by atoms with E-state index in [1.165, 1.54) is 0 Å². The smallest absolute Gasteiger partial charge is 0.416 e. The van der Waals surface area contributed by atoms with Gasteiger partial charge in [-0.1, -0.05) is 43.6 Å². The molecule has 0 atom stereocenters. The molecule has 7 nitrogen and oxygen atoms in total. The molecule has 0 saturated carbocycles. The lowest BCUT2D eigenvalue weighted by Crippen LogP contribution is -2.42. The van der Waals surface area contributed by atoms with E-state index in [1.807, 2.05) is 27.7 Å². The second-order valence-corrected chi connectivity index (χ2v) is 14.3. The molecule has 0 spiro atoms. The molecular formula is C30H27Br2F3N2O5. The molecule has 42 heavy (non-hydrogen) atoms. The molecule has 1 aliphatic heterocycles. The van der Waals surface area contributed by atoms with Crippen LogP contribution in [0, 0.1) is 20.9 Å². The minimum atomic E-state index is -4.79. The molecule has 0 amide bonds.